The number of benzene rings is 2. The number of carbonyl (C=O) groups excluding carboxylic acids is 1. The number of rotatable bonds is 7. The molecule has 1 N–H and O–H groups in total. The van der Waals surface area contributed by atoms with Crippen LogP contribution in [0.4, 0.5) is 5.69 Å². The standard InChI is InChI=1S/C17H18BrNOS2/c1-2-22-16-6-4-3-5-15(16)19-17(20)12-21-11-13-7-9-14(18)10-8-13/h3-10H,2,11-12H2,1H3,(H,19,20). The predicted molar refractivity (Wildman–Crippen MR) is 102 cm³/mol. The van der Waals surface area contributed by atoms with Gasteiger partial charge in [0, 0.05) is 15.1 Å². The molecule has 2 aromatic carbocycles. The maximum absolute atomic E-state index is 12.1. The number of para-hydroxylation sites is 1. The third-order valence-electron chi connectivity index (χ3n) is 2.88. The van der Waals surface area contributed by atoms with E-state index in [0.717, 1.165) is 26.6 Å². The van der Waals surface area contributed by atoms with Gasteiger partial charge in [0.25, 0.3) is 0 Å². The van der Waals surface area contributed by atoms with Crippen molar-refractivity contribution in [3.8, 4) is 0 Å². The van der Waals surface area contributed by atoms with Crippen molar-refractivity contribution in [1.82, 2.24) is 0 Å². The zero-order valence-electron chi connectivity index (χ0n) is 12.3. The molecule has 0 radical (unpaired) electrons. The number of hydrogen-bond acceptors (Lipinski definition) is 3. The van der Waals surface area contributed by atoms with Crippen molar-refractivity contribution in [2.24, 2.45) is 0 Å². The van der Waals surface area contributed by atoms with Crippen molar-refractivity contribution >= 4 is 51.0 Å². The van der Waals surface area contributed by atoms with Crippen LogP contribution >= 0.6 is 39.5 Å². The third kappa shape index (κ3) is 5.71. The van der Waals surface area contributed by atoms with E-state index in [1.54, 1.807) is 23.5 Å². The number of halogens is 1. The van der Waals surface area contributed by atoms with Gasteiger partial charge >= 0.3 is 0 Å². The van der Waals surface area contributed by atoms with Gasteiger partial charge in [0.05, 0.1) is 11.4 Å². The van der Waals surface area contributed by atoms with E-state index in [1.807, 2.05) is 36.4 Å². The molecule has 2 nitrogen and oxygen atoms in total. The molecule has 0 unspecified atom stereocenters. The van der Waals surface area contributed by atoms with E-state index < -0.39 is 0 Å². The summed E-state index contributed by atoms with van der Waals surface area (Å²) in [6.07, 6.45) is 0. The Balaban J connectivity index is 1.82. The van der Waals surface area contributed by atoms with Crippen LogP contribution in [-0.4, -0.2) is 17.4 Å². The van der Waals surface area contributed by atoms with Gasteiger partial charge in [-0.25, -0.2) is 0 Å². The van der Waals surface area contributed by atoms with E-state index >= 15 is 0 Å². The van der Waals surface area contributed by atoms with E-state index in [-0.39, 0.29) is 5.91 Å². The lowest BCUT2D eigenvalue weighted by molar-refractivity contribution is -0.113. The average molecular weight is 396 g/mol. The molecule has 0 saturated heterocycles. The van der Waals surface area contributed by atoms with Gasteiger partial charge in [-0.2, -0.15) is 0 Å². The first kappa shape index (κ1) is 17.4. The zero-order chi connectivity index (χ0) is 15.8. The van der Waals surface area contributed by atoms with E-state index in [0.29, 0.717) is 5.75 Å². The lowest BCUT2D eigenvalue weighted by atomic mass is 10.2. The Morgan fingerprint density at radius 1 is 1.14 bits per heavy atom. The summed E-state index contributed by atoms with van der Waals surface area (Å²) in [5.41, 5.74) is 2.13. The van der Waals surface area contributed by atoms with Gasteiger partial charge in [0.15, 0.2) is 0 Å². The molecule has 116 valence electrons. The minimum atomic E-state index is 0.0475. The summed E-state index contributed by atoms with van der Waals surface area (Å²) in [4.78, 5) is 13.2. The predicted octanol–water partition coefficient (Wildman–Crippen LogP) is 5.43. The molecule has 1 amide bonds. The second kappa shape index (κ2) is 9.28. The fourth-order valence-corrected chi connectivity index (χ4v) is 3.69. The van der Waals surface area contributed by atoms with E-state index in [4.69, 9.17) is 0 Å². The second-order valence-corrected chi connectivity index (χ2v) is 7.80. The van der Waals surface area contributed by atoms with Crippen LogP contribution in [0.5, 0.6) is 0 Å². The largest absolute Gasteiger partial charge is 0.324 e. The highest BCUT2D eigenvalue weighted by Gasteiger charge is 2.07. The Labute approximate surface area is 148 Å². The van der Waals surface area contributed by atoms with Gasteiger partial charge < -0.3 is 5.32 Å². The summed E-state index contributed by atoms with van der Waals surface area (Å²) >= 11 is 6.79. The first-order valence-electron chi connectivity index (χ1n) is 7.03. The molecule has 0 aliphatic heterocycles. The molecule has 0 aromatic heterocycles. The van der Waals surface area contributed by atoms with E-state index in [2.05, 4.69) is 40.3 Å². The molecule has 0 aliphatic rings. The fourth-order valence-electron chi connectivity index (χ4n) is 1.88. The molecule has 2 aromatic rings. The Morgan fingerprint density at radius 2 is 1.86 bits per heavy atom. The van der Waals surface area contributed by atoms with Gasteiger partial charge in [-0.05, 0) is 35.6 Å². The lowest BCUT2D eigenvalue weighted by Gasteiger charge is -2.10. The van der Waals surface area contributed by atoms with Gasteiger partial charge in [-0.1, -0.05) is 47.1 Å². The smallest absolute Gasteiger partial charge is 0.234 e. The summed E-state index contributed by atoms with van der Waals surface area (Å²) < 4.78 is 1.07. The molecular formula is C17H18BrNOS2. The first-order valence-corrected chi connectivity index (χ1v) is 9.96. The normalized spacial score (nSPS) is 10.5. The zero-order valence-corrected chi connectivity index (χ0v) is 15.6. The average Bonchev–Trinajstić information content (AvgIpc) is 2.51. The molecule has 0 heterocycles. The molecular weight excluding hydrogens is 378 g/mol. The molecule has 0 fully saturated rings. The molecule has 22 heavy (non-hydrogen) atoms. The van der Waals surface area contributed by atoms with Crippen LogP contribution in [-0.2, 0) is 10.5 Å². The topological polar surface area (TPSA) is 29.1 Å². The molecule has 2 rings (SSSR count). The molecule has 0 aliphatic carbocycles. The van der Waals surface area contributed by atoms with Gasteiger partial charge in [0.2, 0.25) is 5.91 Å². The van der Waals surface area contributed by atoms with Crippen molar-refractivity contribution in [2.45, 2.75) is 17.6 Å². The minimum absolute atomic E-state index is 0.0475. The van der Waals surface area contributed by atoms with Crippen LogP contribution in [0.2, 0.25) is 0 Å². The Morgan fingerprint density at radius 3 is 2.59 bits per heavy atom. The molecule has 0 atom stereocenters. The molecule has 0 spiro atoms. The quantitative estimate of drug-likeness (QED) is 0.633. The van der Waals surface area contributed by atoms with Crippen LogP contribution in [0.15, 0.2) is 57.9 Å². The maximum Gasteiger partial charge on any atom is 0.234 e. The van der Waals surface area contributed by atoms with Crippen molar-refractivity contribution in [3.63, 3.8) is 0 Å². The van der Waals surface area contributed by atoms with Crippen molar-refractivity contribution < 1.29 is 4.79 Å². The van der Waals surface area contributed by atoms with E-state index in [9.17, 15) is 4.79 Å². The number of carbonyl (C=O) groups is 1. The molecule has 0 saturated carbocycles. The Hall–Kier alpha value is -0.910. The highest BCUT2D eigenvalue weighted by molar-refractivity contribution is 9.10. The Bertz CT molecular complexity index is 616. The van der Waals surface area contributed by atoms with Crippen molar-refractivity contribution in [1.29, 1.82) is 0 Å². The maximum atomic E-state index is 12.1. The van der Waals surface area contributed by atoms with Crippen LogP contribution in [0.1, 0.15) is 12.5 Å². The summed E-state index contributed by atoms with van der Waals surface area (Å²) in [5.74, 6) is 2.34. The summed E-state index contributed by atoms with van der Waals surface area (Å²) in [5, 5.41) is 3.00. The summed E-state index contributed by atoms with van der Waals surface area (Å²) in [6.45, 7) is 2.11. The minimum Gasteiger partial charge on any atom is -0.324 e. The SMILES string of the molecule is CCSc1ccccc1NC(=O)CSCc1ccc(Br)cc1. The van der Waals surface area contributed by atoms with Crippen LogP contribution in [0.25, 0.3) is 0 Å². The first-order chi connectivity index (χ1) is 10.7. The van der Waals surface area contributed by atoms with Crippen LogP contribution < -0.4 is 5.32 Å². The lowest BCUT2D eigenvalue weighted by Crippen LogP contribution is -2.14. The van der Waals surface area contributed by atoms with Crippen molar-refractivity contribution in [2.75, 3.05) is 16.8 Å². The monoisotopic (exact) mass is 395 g/mol. The molecule has 5 heteroatoms. The summed E-state index contributed by atoms with van der Waals surface area (Å²) in [6, 6.07) is 16.1. The highest BCUT2D eigenvalue weighted by atomic mass is 79.9. The van der Waals surface area contributed by atoms with Crippen LogP contribution in [0, 0.1) is 0 Å². The summed E-state index contributed by atoms with van der Waals surface area (Å²) in [7, 11) is 0. The second-order valence-electron chi connectivity index (χ2n) is 4.60. The number of hydrogen-bond donors (Lipinski definition) is 1. The molecule has 0 bridgehead atoms. The van der Waals surface area contributed by atoms with Crippen molar-refractivity contribution in [3.05, 3.63) is 58.6 Å². The Kier molecular flexibility index (Phi) is 7.36. The van der Waals surface area contributed by atoms with Gasteiger partial charge in [-0.3, -0.25) is 4.79 Å². The number of nitrogens with one attached hydrogen (secondary N) is 1. The third-order valence-corrected chi connectivity index (χ3v) is 5.36. The number of amides is 1. The van der Waals surface area contributed by atoms with Gasteiger partial charge in [0.1, 0.15) is 0 Å². The number of thioether (sulfide) groups is 2. The van der Waals surface area contributed by atoms with E-state index in [1.165, 1.54) is 5.56 Å². The fraction of sp³-hybridized carbons (Fsp3) is 0.235. The van der Waals surface area contributed by atoms with Gasteiger partial charge in [-0.15, -0.1) is 23.5 Å². The highest BCUT2D eigenvalue weighted by Crippen LogP contribution is 2.26. The number of anilines is 1. The van der Waals surface area contributed by atoms with Crippen LogP contribution in [0.3, 0.4) is 0 Å².